The van der Waals surface area contributed by atoms with Crippen molar-refractivity contribution in [2.45, 2.75) is 0 Å². The number of hydrogen-bond acceptors (Lipinski definition) is 3. The topological polar surface area (TPSA) is 44.1 Å². The molecule has 0 saturated carbocycles. The summed E-state index contributed by atoms with van der Waals surface area (Å²) in [6.45, 7) is 0. The molecule has 1 aromatic heterocycles. The van der Waals surface area contributed by atoms with E-state index in [9.17, 15) is 4.79 Å². The molecule has 0 aliphatic heterocycles. The van der Waals surface area contributed by atoms with Gasteiger partial charge in [-0.25, -0.2) is 4.68 Å². The van der Waals surface area contributed by atoms with E-state index in [-0.39, 0.29) is 5.78 Å². The van der Waals surface area contributed by atoms with Crippen LogP contribution in [0.4, 0.5) is 0 Å². The molecule has 4 aromatic rings. The first-order chi connectivity index (χ1) is 14.6. The quantitative estimate of drug-likeness (QED) is 0.283. The number of rotatable bonds is 6. The third-order valence-corrected chi connectivity index (χ3v) is 4.92. The maximum atomic E-state index is 12.6. The van der Waals surface area contributed by atoms with Crippen LogP contribution in [0.1, 0.15) is 15.9 Å². The number of carbonyl (C=O) groups is 1. The van der Waals surface area contributed by atoms with Gasteiger partial charge in [0.25, 0.3) is 0 Å². The molecular weight excluding hydrogens is 396 g/mol. The van der Waals surface area contributed by atoms with Gasteiger partial charge in [-0.1, -0.05) is 29.8 Å². The lowest BCUT2D eigenvalue weighted by Crippen LogP contribution is -1.94. The third-order valence-electron chi connectivity index (χ3n) is 4.67. The summed E-state index contributed by atoms with van der Waals surface area (Å²) in [5.74, 6) is 0.677. The number of nitrogens with zero attached hydrogens (tertiary/aromatic N) is 2. The van der Waals surface area contributed by atoms with Gasteiger partial charge in [-0.05, 0) is 72.8 Å². The van der Waals surface area contributed by atoms with Crippen LogP contribution < -0.4 is 4.74 Å². The molecule has 0 amide bonds. The first-order valence-corrected chi connectivity index (χ1v) is 9.79. The van der Waals surface area contributed by atoms with Crippen molar-refractivity contribution in [3.05, 3.63) is 107 Å². The van der Waals surface area contributed by atoms with Gasteiger partial charge in [0.2, 0.25) is 0 Å². The van der Waals surface area contributed by atoms with Crippen LogP contribution in [0, 0.1) is 0 Å². The lowest BCUT2D eigenvalue weighted by molar-refractivity contribution is 0.104. The predicted molar refractivity (Wildman–Crippen MR) is 120 cm³/mol. The summed E-state index contributed by atoms with van der Waals surface area (Å²) in [6.07, 6.45) is 5.27. The van der Waals surface area contributed by atoms with E-state index in [0.29, 0.717) is 10.6 Å². The fourth-order valence-corrected chi connectivity index (χ4v) is 3.20. The van der Waals surface area contributed by atoms with Crippen molar-refractivity contribution in [3.63, 3.8) is 0 Å². The zero-order valence-corrected chi connectivity index (χ0v) is 17.1. The molecule has 0 bridgehead atoms. The van der Waals surface area contributed by atoms with Crippen molar-refractivity contribution in [3.8, 4) is 22.7 Å². The van der Waals surface area contributed by atoms with Crippen LogP contribution in [0.2, 0.25) is 5.02 Å². The van der Waals surface area contributed by atoms with Gasteiger partial charge in [-0.2, -0.15) is 5.10 Å². The van der Waals surface area contributed by atoms with Crippen molar-refractivity contribution >= 4 is 23.5 Å². The average Bonchev–Trinajstić information content (AvgIpc) is 3.23. The van der Waals surface area contributed by atoms with Crippen LogP contribution in [0.3, 0.4) is 0 Å². The highest BCUT2D eigenvalue weighted by atomic mass is 35.5. The molecular formula is C25H19ClN2O2. The molecule has 4 nitrogen and oxygen atoms in total. The van der Waals surface area contributed by atoms with E-state index in [1.54, 1.807) is 43.5 Å². The average molecular weight is 415 g/mol. The Morgan fingerprint density at radius 1 is 0.967 bits per heavy atom. The summed E-state index contributed by atoms with van der Waals surface area (Å²) in [6, 6.07) is 24.4. The number of allylic oxidation sites excluding steroid dienone is 1. The Balaban J connectivity index is 1.71. The summed E-state index contributed by atoms with van der Waals surface area (Å²) < 4.78 is 7.06. The molecule has 0 atom stereocenters. The number of para-hydroxylation sites is 1. The largest absolute Gasteiger partial charge is 0.497 e. The van der Waals surface area contributed by atoms with E-state index < -0.39 is 0 Å². The van der Waals surface area contributed by atoms with Crippen LogP contribution in [-0.2, 0) is 0 Å². The molecule has 30 heavy (non-hydrogen) atoms. The lowest BCUT2D eigenvalue weighted by atomic mass is 10.1. The number of benzene rings is 3. The SMILES string of the molecule is COc1ccc(-c2nn(-c3ccccc3)cc2/C=C\C(=O)c2ccc(Cl)cc2)cc1. The molecule has 0 radical (unpaired) electrons. The molecule has 0 aliphatic carbocycles. The maximum Gasteiger partial charge on any atom is 0.185 e. The standard InChI is InChI=1S/C25H19ClN2O2/c1-30-23-14-9-19(10-15-23)25-20(17-28(27-25)22-5-3-2-4-6-22)11-16-24(29)18-7-12-21(26)13-8-18/h2-17H,1H3/b16-11-. The van der Waals surface area contributed by atoms with Crippen molar-refractivity contribution in [2.24, 2.45) is 0 Å². The summed E-state index contributed by atoms with van der Waals surface area (Å²) in [5.41, 5.74) is 4.07. The minimum Gasteiger partial charge on any atom is -0.497 e. The summed E-state index contributed by atoms with van der Waals surface area (Å²) in [7, 11) is 1.63. The number of methoxy groups -OCH3 is 1. The molecule has 1 heterocycles. The number of aromatic nitrogens is 2. The van der Waals surface area contributed by atoms with Gasteiger partial charge in [-0.15, -0.1) is 0 Å². The Labute approximate surface area is 180 Å². The Bertz CT molecular complexity index is 1180. The molecule has 0 spiro atoms. The van der Waals surface area contributed by atoms with Gasteiger partial charge in [0.05, 0.1) is 18.5 Å². The number of carbonyl (C=O) groups excluding carboxylic acids is 1. The second-order valence-corrected chi connectivity index (χ2v) is 7.08. The van der Waals surface area contributed by atoms with E-state index in [0.717, 1.165) is 28.3 Å². The number of ketones is 1. The molecule has 0 saturated heterocycles. The molecule has 4 rings (SSSR count). The predicted octanol–water partition coefficient (Wildman–Crippen LogP) is 6.10. The number of halogens is 1. The van der Waals surface area contributed by atoms with Gasteiger partial charge in [0, 0.05) is 27.9 Å². The molecule has 148 valence electrons. The Morgan fingerprint density at radius 3 is 2.33 bits per heavy atom. The Morgan fingerprint density at radius 2 is 1.67 bits per heavy atom. The zero-order valence-electron chi connectivity index (χ0n) is 16.3. The van der Waals surface area contributed by atoms with E-state index in [1.165, 1.54) is 0 Å². The van der Waals surface area contributed by atoms with Crippen LogP contribution in [0.25, 0.3) is 23.0 Å². The lowest BCUT2D eigenvalue weighted by Gasteiger charge is -2.02. The Hall–Kier alpha value is -3.63. The van der Waals surface area contributed by atoms with E-state index in [1.807, 2.05) is 65.5 Å². The van der Waals surface area contributed by atoms with Gasteiger partial charge in [0.1, 0.15) is 5.75 Å². The van der Waals surface area contributed by atoms with Crippen molar-refractivity contribution < 1.29 is 9.53 Å². The summed E-state index contributed by atoms with van der Waals surface area (Å²) in [4.78, 5) is 12.6. The van der Waals surface area contributed by atoms with E-state index in [2.05, 4.69) is 0 Å². The van der Waals surface area contributed by atoms with Gasteiger partial charge in [-0.3, -0.25) is 4.79 Å². The molecule has 0 fully saturated rings. The highest BCUT2D eigenvalue weighted by Crippen LogP contribution is 2.27. The number of ether oxygens (including phenoxy) is 1. The van der Waals surface area contributed by atoms with Crippen molar-refractivity contribution in [2.75, 3.05) is 7.11 Å². The van der Waals surface area contributed by atoms with Crippen LogP contribution >= 0.6 is 11.6 Å². The fraction of sp³-hybridized carbons (Fsp3) is 0.0400. The molecule has 0 unspecified atom stereocenters. The maximum absolute atomic E-state index is 12.6. The van der Waals surface area contributed by atoms with Gasteiger partial charge < -0.3 is 4.74 Å². The second kappa shape index (κ2) is 8.80. The second-order valence-electron chi connectivity index (χ2n) is 6.65. The molecule has 0 N–H and O–H groups in total. The first-order valence-electron chi connectivity index (χ1n) is 9.41. The van der Waals surface area contributed by atoms with Gasteiger partial charge >= 0.3 is 0 Å². The van der Waals surface area contributed by atoms with Gasteiger partial charge in [0.15, 0.2) is 5.78 Å². The van der Waals surface area contributed by atoms with Crippen LogP contribution in [0.15, 0.2) is 91.1 Å². The molecule has 5 heteroatoms. The van der Waals surface area contributed by atoms with E-state index >= 15 is 0 Å². The zero-order chi connectivity index (χ0) is 20.9. The minimum absolute atomic E-state index is 0.0974. The van der Waals surface area contributed by atoms with Crippen molar-refractivity contribution in [1.29, 1.82) is 0 Å². The van der Waals surface area contributed by atoms with Crippen LogP contribution in [0.5, 0.6) is 5.75 Å². The monoisotopic (exact) mass is 414 g/mol. The first kappa shape index (κ1) is 19.7. The molecule has 0 aliphatic rings. The summed E-state index contributed by atoms with van der Waals surface area (Å²) >= 11 is 5.91. The summed E-state index contributed by atoms with van der Waals surface area (Å²) in [5, 5.41) is 5.36. The van der Waals surface area contributed by atoms with Crippen molar-refractivity contribution in [1.82, 2.24) is 9.78 Å². The number of hydrogen-bond donors (Lipinski definition) is 0. The Kier molecular flexibility index (Phi) is 5.77. The smallest absolute Gasteiger partial charge is 0.185 e. The fourth-order valence-electron chi connectivity index (χ4n) is 3.07. The minimum atomic E-state index is -0.0974. The highest BCUT2D eigenvalue weighted by Gasteiger charge is 2.11. The van der Waals surface area contributed by atoms with Crippen LogP contribution in [-0.4, -0.2) is 22.7 Å². The normalized spacial score (nSPS) is 11.0. The highest BCUT2D eigenvalue weighted by molar-refractivity contribution is 6.30. The van der Waals surface area contributed by atoms with E-state index in [4.69, 9.17) is 21.4 Å². The molecule has 3 aromatic carbocycles. The third kappa shape index (κ3) is 4.34.